The highest BCUT2D eigenvalue weighted by molar-refractivity contribution is 6.35. The van der Waals surface area contributed by atoms with Crippen LogP contribution in [-0.4, -0.2) is 29.5 Å². The third kappa shape index (κ3) is 3.25. The standard InChI is InChI=1S/C8H12ClN5O/c1-11-5(15)2-3-12-8-6(9)7(10)13-4-14-8/h4H,2-3H2,1H3,(H,11,15)(H3,10,12,13,14). The second kappa shape index (κ2) is 5.35. The summed E-state index contributed by atoms with van der Waals surface area (Å²) in [6.45, 7) is 0.440. The van der Waals surface area contributed by atoms with Gasteiger partial charge in [-0.3, -0.25) is 4.79 Å². The predicted molar refractivity (Wildman–Crippen MR) is 58.6 cm³/mol. The molecule has 0 fully saturated rings. The molecular weight excluding hydrogens is 218 g/mol. The van der Waals surface area contributed by atoms with Crippen molar-refractivity contribution < 1.29 is 4.79 Å². The first-order valence-electron chi connectivity index (χ1n) is 4.35. The number of rotatable bonds is 4. The Kier molecular flexibility index (Phi) is 4.11. The Morgan fingerprint density at radius 2 is 2.33 bits per heavy atom. The largest absolute Gasteiger partial charge is 0.382 e. The molecule has 6 nitrogen and oxygen atoms in total. The molecule has 0 radical (unpaired) electrons. The van der Waals surface area contributed by atoms with Crippen LogP contribution in [-0.2, 0) is 4.79 Å². The van der Waals surface area contributed by atoms with Gasteiger partial charge in [-0.05, 0) is 0 Å². The summed E-state index contributed by atoms with van der Waals surface area (Å²) in [4.78, 5) is 18.5. The van der Waals surface area contributed by atoms with Crippen LogP contribution in [0.3, 0.4) is 0 Å². The molecule has 1 aromatic heterocycles. The fourth-order valence-corrected chi connectivity index (χ4v) is 1.09. The molecule has 0 saturated carbocycles. The number of nitrogens with zero attached hydrogens (tertiary/aromatic N) is 2. The number of nitrogen functional groups attached to an aromatic ring is 1. The number of carbonyl (C=O) groups excluding carboxylic acids is 1. The second-order valence-electron chi connectivity index (χ2n) is 2.77. The number of nitrogens with two attached hydrogens (primary N) is 1. The van der Waals surface area contributed by atoms with E-state index in [1.807, 2.05) is 0 Å². The van der Waals surface area contributed by atoms with E-state index in [9.17, 15) is 4.79 Å². The molecule has 4 N–H and O–H groups in total. The van der Waals surface area contributed by atoms with Crippen molar-refractivity contribution in [3.05, 3.63) is 11.3 Å². The molecule has 0 aliphatic heterocycles. The quantitative estimate of drug-likeness (QED) is 0.689. The molecule has 0 aromatic carbocycles. The molecule has 1 aromatic rings. The van der Waals surface area contributed by atoms with Crippen molar-refractivity contribution in [3.8, 4) is 0 Å². The van der Waals surface area contributed by atoms with Crippen LogP contribution in [0.15, 0.2) is 6.33 Å². The third-order valence-corrected chi connectivity index (χ3v) is 2.11. The summed E-state index contributed by atoms with van der Waals surface area (Å²) in [5, 5.41) is 5.68. The minimum absolute atomic E-state index is 0.0550. The number of aromatic nitrogens is 2. The number of hydrogen-bond acceptors (Lipinski definition) is 5. The summed E-state index contributed by atoms with van der Waals surface area (Å²) in [6.07, 6.45) is 1.65. The lowest BCUT2D eigenvalue weighted by molar-refractivity contribution is -0.120. The summed E-state index contributed by atoms with van der Waals surface area (Å²) < 4.78 is 0. The van der Waals surface area contributed by atoms with Gasteiger partial charge in [-0.2, -0.15) is 0 Å². The molecule has 0 aliphatic rings. The highest BCUT2D eigenvalue weighted by Crippen LogP contribution is 2.22. The van der Waals surface area contributed by atoms with Crippen molar-refractivity contribution in [2.24, 2.45) is 0 Å². The fraction of sp³-hybridized carbons (Fsp3) is 0.375. The highest BCUT2D eigenvalue weighted by Gasteiger charge is 2.06. The number of hydrogen-bond donors (Lipinski definition) is 3. The van der Waals surface area contributed by atoms with Gasteiger partial charge in [0.1, 0.15) is 23.0 Å². The van der Waals surface area contributed by atoms with Crippen LogP contribution >= 0.6 is 11.6 Å². The Morgan fingerprint density at radius 3 is 3.00 bits per heavy atom. The van der Waals surface area contributed by atoms with Crippen molar-refractivity contribution >= 4 is 29.1 Å². The lowest BCUT2D eigenvalue weighted by Gasteiger charge is -2.07. The SMILES string of the molecule is CNC(=O)CCNc1ncnc(N)c1Cl. The van der Waals surface area contributed by atoms with E-state index in [-0.39, 0.29) is 16.7 Å². The summed E-state index contributed by atoms with van der Waals surface area (Å²) in [6, 6.07) is 0. The fourth-order valence-electron chi connectivity index (χ4n) is 0.926. The van der Waals surface area contributed by atoms with Crippen molar-refractivity contribution in [1.29, 1.82) is 0 Å². The third-order valence-electron chi connectivity index (χ3n) is 1.74. The van der Waals surface area contributed by atoms with Crippen molar-refractivity contribution in [3.63, 3.8) is 0 Å². The molecule has 0 atom stereocenters. The second-order valence-corrected chi connectivity index (χ2v) is 3.15. The molecule has 0 unspecified atom stereocenters. The molecule has 1 rings (SSSR count). The minimum atomic E-state index is -0.0550. The van der Waals surface area contributed by atoms with Gasteiger partial charge in [-0.25, -0.2) is 9.97 Å². The van der Waals surface area contributed by atoms with Crippen LogP contribution in [0.2, 0.25) is 5.02 Å². The molecule has 0 bridgehead atoms. The zero-order chi connectivity index (χ0) is 11.3. The topological polar surface area (TPSA) is 92.9 Å². The van der Waals surface area contributed by atoms with Gasteiger partial charge in [0.25, 0.3) is 0 Å². The van der Waals surface area contributed by atoms with Gasteiger partial charge < -0.3 is 16.4 Å². The van der Waals surface area contributed by atoms with Gasteiger partial charge in [0, 0.05) is 20.0 Å². The normalized spacial score (nSPS) is 9.73. The van der Waals surface area contributed by atoms with Crippen LogP contribution in [0.1, 0.15) is 6.42 Å². The Labute approximate surface area is 92.2 Å². The molecule has 7 heteroatoms. The first kappa shape index (κ1) is 11.5. The molecular formula is C8H12ClN5O. The van der Waals surface area contributed by atoms with Crippen molar-refractivity contribution in [2.45, 2.75) is 6.42 Å². The maximum absolute atomic E-state index is 10.9. The van der Waals surface area contributed by atoms with E-state index < -0.39 is 0 Å². The van der Waals surface area contributed by atoms with E-state index in [4.69, 9.17) is 17.3 Å². The van der Waals surface area contributed by atoms with Gasteiger partial charge in [-0.1, -0.05) is 11.6 Å². The molecule has 1 heterocycles. The van der Waals surface area contributed by atoms with E-state index in [1.165, 1.54) is 6.33 Å². The lowest BCUT2D eigenvalue weighted by atomic mass is 10.4. The van der Waals surface area contributed by atoms with Crippen LogP contribution in [0.4, 0.5) is 11.6 Å². The first-order chi connectivity index (χ1) is 7.15. The van der Waals surface area contributed by atoms with Gasteiger partial charge in [0.05, 0.1) is 0 Å². The number of nitrogens with one attached hydrogen (secondary N) is 2. The molecule has 0 aliphatic carbocycles. The summed E-state index contributed by atoms with van der Waals surface area (Å²) >= 11 is 5.83. The van der Waals surface area contributed by atoms with E-state index in [2.05, 4.69) is 20.6 Å². The Morgan fingerprint density at radius 1 is 1.60 bits per heavy atom. The van der Waals surface area contributed by atoms with Gasteiger partial charge in [-0.15, -0.1) is 0 Å². The number of carbonyl (C=O) groups is 1. The van der Waals surface area contributed by atoms with Crippen LogP contribution in [0.5, 0.6) is 0 Å². The average molecular weight is 230 g/mol. The zero-order valence-corrected chi connectivity index (χ0v) is 9.01. The number of amides is 1. The van der Waals surface area contributed by atoms with E-state index >= 15 is 0 Å². The van der Waals surface area contributed by atoms with Gasteiger partial charge >= 0.3 is 0 Å². The van der Waals surface area contributed by atoms with Crippen LogP contribution < -0.4 is 16.4 Å². The molecule has 0 spiro atoms. The molecule has 82 valence electrons. The molecule has 1 amide bonds. The van der Waals surface area contributed by atoms with Crippen molar-refractivity contribution in [2.75, 3.05) is 24.6 Å². The summed E-state index contributed by atoms with van der Waals surface area (Å²) in [5.41, 5.74) is 5.48. The number of anilines is 2. The van der Waals surface area contributed by atoms with E-state index in [0.29, 0.717) is 18.8 Å². The Balaban J connectivity index is 2.51. The molecule has 0 saturated heterocycles. The lowest BCUT2D eigenvalue weighted by Crippen LogP contribution is -2.21. The predicted octanol–water partition coefficient (Wildman–Crippen LogP) is 0.260. The van der Waals surface area contributed by atoms with Crippen molar-refractivity contribution in [1.82, 2.24) is 15.3 Å². The minimum Gasteiger partial charge on any atom is -0.382 e. The average Bonchev–Trinajstić information content (AvgIpc) is 2.24. The maximum Gasteiger partial charge on any atom is 0.221 e. The summed E-state index contributed by atoms with van der Waals surface area (Å²) in [7, 11) is 1.58. The van der Waals surface area contributed by atoms with Gasteiger partial charge in [0.15, 0.2) is 0 Å². The van der Waals surface area contributed by atoms with Crippen LogP contribution in [0, 0.1) is 0 Å². The number of halogens is 1. The first-order valence-corrected chi connectivity index (χ1v) is 4.73. The van der Waals surface area contributed by atoms with E-state index in [0.717, 1.165) is 0 Å². The maximum atomic E-state index is 10.9. The Bertz CT molecular complexity index is 357. The van der Waals surface area contributed by atoms with Gasteiger partial charge in [0.2, 0.25) is 5.91 Å². The highest BCUT2D eigenvalue weighted by atomic mass is 35.5. The van der Waals surface area contributed by atoms with E-state index in [1.54, 1.807) is 7.05 Å². The molecule has 15 heavy (non-hydrogen) atoms. The smallest absolute Gasteiger partial charge is 0.221 e. The van der Waals surface area contributed by atoms with Crippen LogP contribution in [0.25, 0.3) is 0 Å². The summed E-state index contributed by atoms with van der Waals surface area (Å²) in [5.74, 6) is 0.600. The Hall–Kier alpha value is -1.56. The zero-order valence-electron chi connectivity index (χ0n) is 8.25. The monoisotopic (exact) mass is 229 g/mol.